The zero-order valence-electron chi connectivity index (χ0n) is 25.4. The number of alkyl halides is 1. The standard InChI is InChI=1S/C36H47FO5/c1-3-5-7-9-10-11-12-14-24-40-35(38)31-17-16-30-26-34(23-20-29(30)25-31)42-36(39)28-18-21-33(22-19-28)41-27-32(37)15-13-8-6-4-2/h16-23,25-26,32H,3-15,24,27H2,1-2H3. The predicted molar refractivity (Wildman–Crippen MR) is 167 cm³/mol. The molecule has 0 saturated heterocycles. The number of benzene rings is 3. The molecule has 0 fully saturated rings. The molecule has 0 N–H and O–H groups in total. The smallest absolute Gasteiger partial charge is 0.343 e. The molecule has 0 saturated carbocycles. The summed E-state index contributed by atoms with van der Waals surface area (Å²) in [6.07, 6.45) is 13.2. The van der Waals surface area contributed by atoms with Crippen LogP contribution in [0.5, 0.6) is 11.5 Å². The van der Waals surface area contributed by atoms with Gasteiger partial charge >= 0.3 is 11.9 Å². The predicted octanol–water partition coefficient (Wildman–Crippen LogP) is 10.0. The topological polar surface area (TPSA) is 61.8 Å². The molecule has 0 aliphatic heterocycles. The maximum Gasteiger partial charge on any atom is 0.343 e. The van der Waals surface area contributed by atoms with Crippen LogP contribution in [0.25, 0.3) is 10.8 Å². The van der Waals surface area contributed by atoms with E-state index in [-0.39, 0.29) is 12.6 Å². The van der Waals surface area contributed by atoms with Gasteiger partial charge in [0.25, 0.3) is 0 Å². The van der Waals surface area contributed by atoms with Gasteiger partial charge in [-0.25, -0.2) is 14.0 Å². The number of carbonyl (C=O) groups excluding carboxylic acids is 2. The second-order valence-electron chi connectivity index (χ2n) is 11.0. The Morgan fingerprint density at radius 3 is 1.93 bits per heavy atom. The number of carbonyl (C=O) groups is 2. The van der Waals surface area contributed by atoms with Gasteiger partial charge in [0.15, 0.2) is 0 Å². The fourth-order valence-electron chi connectivity index (χ4n) is 4.81. The van der Waals surface area contributed by atoms with Crippen molar-refractivity contribution in [1.29, 1.82) is 0 Å². The van der Waals surface area contributed by atoms with Crippen molar-refractivity contribution in [1.82, 2.24) is 0 Å². The van der Waals surface area contributed by atoms with Crippen LogP contribution in [-0.2, 0) is 4.74 Å². The van der Waals surface area contributed by atoms with Crippen LogP contribution >= 0.6 is 0 Å². The summed E-state index contributed by atoms with van der Waals surface area (Å²) in [5, 5.41) is 1.70. The molecule has 6 heteroatoms. The summed E-state index contributed by atoms with van der Waals surface area (Å²) in [4.78, 5) is 25.2. The maximum atomic E-state index is 14.0. The monoisotopic (exact) mass is 578 g/mol. The van der Waals surface area contributed by atoms with Gasteiger partial charge < -0.3 is 14.2 Å². The van der Waals surface area contributed by atoms with Gasteiger partial charge in [0.05, 0.1) is 17.7 Å². The molecule has 0 bridgehead atoms. The molecule has 3 aromatic rings. The molecule has 0 heterocycles. The molecule has 3 aromatic carbocycles. The van der Waals surface area contributed by atoms with E-state index in [0.717, 1.165) is 49.3 Å². The molecular formula is C36H47FO5. The van der Waals surface area contributed by atoms with E-state index in [1.165, 1.54) is 38.5 Å². The van der Waals surface area contributed by atoms with E-state index in [9.17, 15) is 14.0 Å². The average Bonchev–Trinajstić information content (AvgIpc) is 3.01. The highest BCUT2D eigenvalue weighted by molar-refractivity contribution is 5.96. The van der Waals surface area contributed by atoms with Crippen molar-refractivity contribution in [2.75, 3.05) is 13.2 Å². The van der Waals surface area contributed by atoms with Crippen LogP contribution in [0.1, 0.15) is 118 Å². The maximum absolute atomic E-state index is 14.0. The van der Waals surface area contributed by atoms with Gasteiger partial charge in [-0.1, -0.05) is 96.6 Å². The van der Waals surface area contributed by atoms with E-state index in [4.69, 9.17) is 14.2 Å². The lowest BCUT2D eigenvalue weighted by atomic mass is 10.1. The molecule has 0 aliphatic carbocycles. The number of ether oxygens (including phenoxy) is 3. The largest absolute Gasteiger partial charge is 0.491 e. The Labute approximate surface area is 250 Å². The Balaban J connectivity index is 1.43. The van der Waals surface area contributed by atoms with Crippen LogP contribution in [0.2, 0.25) is 0 Å². The van der Waals surface area contributed by atoms with Crippen LogP contribution in [0, 0.1) is 0 Å². The van der Waals surface area contributed by atoms with E-state index in [1.54, 1.807) is 48.5 Å². The molecular weight excluding hydrogens is 531 g/mol. The molecule has 0 spiro atoms. The van der Waals surface area contributed by atoms with Crippen molar-refractivity contribution in [2.24, 2.45) is 0 Å². The molecule has 3 rings (SSSR count). The SMILES string of the molecule is CCCCCCCCCCOC(=O)c1ccc2cc(OC(=O)c3ccc(OCC(F)CCCCCC)cc3)ccc2c1. The van der Waals surface area contributed by atoms with Crippen molar-refractivity contribution in [2.45, 2.75) is 103 Å². The average molecular weight is 579 g/mol. The fourth-order valence-corrected chi connectivity index (χ4v) is 4.81. The third kappa shape index (κ3) is 11.8. The zero-order chi connectivity index (χ0) is 30.0. The Morgan fingerprint density at radius 1 is 0.643 bits per heavy atom. The Hall–Kier alpha value is -3.41. The molecule has 0 aliphatic rings. The first-order valence-corrected chi connectivity index (χ1v) is 15.8. The van der Waals surface area contributed by atoms with Crippen LogP contribution in [-0.4, -0.2) is 31.3 Å². The summed E-state index contributed by atoms with van der Waals surface area (Å²) < 4.78 is 30.6. The number of hydrogen-bond donors (Lipinski definition) is 0. The van der Waals surface area contributed by atoms with Crippen molar-refractivity contribution < 1.29 is 28.2 Å². The number of hydrogen-bond acceptors (Lipinski definition) is 5. The third-order valence-electron chi connectivity index (χ3n) is 7.38. The van der Waals surface area contributed by atoms with Gasteiger partial charge in [0.1, 0.15) is 24.3 Å². The van der Waals surface area contributed by atoms with Crippen molar-refractivity contribution in [3.8, 4) is 11.5 Å². The second-order valence-corrected chi connectivity index (χ2v) is 11.0. The minimum Gasteiger partial charge on any atom is -0.491 e. The number of halogens is 1. The zero-order valence-corrected chi connectivity index (χ0v) is 25.4. The molecule has 0 radical (unpaired) electrons. The highest BCUT2D eigenvalue weighted by Gasteiger charge is 2.12. The Kier molecular flexibility index (Phi) is 14.9. The highest BCUT2D eigenvalue weighted by Crippen LogP contribution is 2.24. The minimum absolute atomic E-state index is 0.00565. The van der Waals surface area contributed by atoms with Gasteiger partial charge in [-0.05, 0) is 72.1 Å². The molecule has 228 valence electrons. The molecule has 42 heavy (non-hydrogen) atoms. The van der Waals surface area contributed by atoms with Crippen LogP contribution < -0.4 is 9.47 Å². The number of rotatable bonds is 20. The van der Waals surface area contributed by atoms with E-state index >= 15 is 0 Å². The van der Waals surface area contributed by atoms with E-state index in [2.05, 4.69) is 13.8 Å². The highest BCUT2D eigenvalue weighted by atomic mass is 19.1. The summed E-state index contributed by atoms with van der Waals surface area (Å²) in [6.45, 7) is 4.79. The summed E-state index contributed by atoms with van der Waals surface area (Å²) in [5.74, 6) is 0.0972. The van der Waals surface area contributed by atoms with Gasteiger partial charge in [0, 0.05) is 0 Å². The lowest BCUT2D eigenvalue weighted by Crippen LogP contribution is -2.13. The van der Waals surface area contributed by atoms with E-state index in [1.807, 2.05) is 12.1 Å². The summed E-state index contributed by atoms with van der Waals surface area (Å²) in [6, 6.07) is 17.2. The molecule has 1 atom stereocenters. The molecule has 5 nitrogen and oxygen atoms in total. The Morgan fingerprint density at radius 2 is 1.21 bits per heavy atom. The van der Waals surface area contributed by atoms with Crippen molar-refractivity contribution in [3.63, 3.8) is 0 Å². The summed E-state index contributed by atoms with van der Waals surface area (Å²) in [7, 11) is 0. The quantitative estimate of drug-likeness (QED) is 0.0758. The Bertz CT molecular complexity index is 1220. The summed E-state index contributed by atoms with van der Waals surface area (Å²) >= 11 is 0. The minimum atomic E-state index is -0.999. The van der Waals surface area contributed by atoms with Crippen LogP contribution in [0.15, 0.2) is 60.7 Å². The molecule has 1 unspecified atom stereocenters. The van der Waals surface area contributed by atoms with Gasteiger partial charge in [-0.3, -0.25) is 0 Å². The first-order valence-electron chi connectivity index (χ1n) is 15.8. The van der Waals surface area contributed by atoms with Crippen LogP contribution in [0.4, 0.5) is 4.39 Å². The lowest BCUT2D eigenvalue weighted by molar-refractivity contribution is 0.0497. The van der Waals surface area contributed by atoms with Gasteiger partial charge in [-0.15, -0.1) is 0 Å². The molecule has 0 aromatic heterocycles. The van der Waals surface area contributed by atoms with E-state index < -0.39 is 12.1 Å². The van der Waals surface area contributed by atoms with Crippen LogP contribution in [0.3, 0.4) is 0 Å². The first kappa shape index (κ1) is 33.1. The fraction of sp³-hybridized carbons (Fsp3) is 0.500. The second kappa shape index (κ2) is 18.9. The van der Waals surface area contributed by atoms with Crippen molar-refractivity contribution >= 4 is 22.7 Å². The number of fused-ring (bicyclic) bond motifs is 1. The van der Waals surface area contributed by atoms with Gasteiger partial charge in [-0.2, -0.15) is 0 Å². The van der Waals surface area contributed by atoms with Crippen molar-refractivity contribution in [3.05, 3.63) is 71.8 Å². The number of unbranched alkanes of at least 4 members (excludes halogenated alkanes) is 10. The number of esters is 2. The first-order chi connectivity index (χ1) is 20.5. The van der Waals surface area contributed by atoms with Gasteiger partial charge in [0.2, 0.25) is 0 Å². The lowest BCUT2D eigenvalue weighted by Gasteiger charge is -2.11. The van der Waals surface area contributed by atoms with E-state index in [0.29, 0.717) is 35.7 Å². The summed E-state index contributed by atoms with van der Waals surface area (Å²) in [5.41, 5.74) is 0.873. The molecule has 0 amide bonds. The third-order valence-corrected chi connectivity index (χ3v) is 7.38. The normalized spacial score (nSPS) is 11.8.